The number of benzene rings is 2. The van der Waals surface area contributed by atoms with Crippen LogP contribution in [0.4, 0.5) is 5.69 Å². The Kier molecular flexibility index (Phi) is 7.19. The normalized spacial score (nSPS) is 10.3. The number of amides is 1. The first-order chi connectivity index (χ1) is 13.0. The lowest BCUT2D eigenvalue weighted by Crippen LogP contribution is -2.35. The number of hydrogen-bond acceptors (Lipinski definition) is 5. The summed E-state index contributed by atoms with van der Waals surface area (Å²) in [4.78, 5) is 25.4. The molecule has 0 atom stereocenters. The van der Waals surface area contributed by atoms with Crippen molar-refractivity contribution in [3.05, 3.63) is 53.6 Å². The number of rotatable bonds is 9. The topological polar surface area (TPSA) is 85.3 Å². The Balaban J connectivity index is 2.24. The van der Waals surface area contributed by atoms with E-state index in [0.717, 1.165) is 5.56 Å². The third kappa shape index (κ3) is 5.21. The first-order valence-corrected chi connectivity index (χ1v) is 8.33. The van der Waals surface area contributed by atoms with Crippen molar-refractivity contribution in [3.8, 4) is 11.5 Å². The average molecular weight is 373 g/mol. The minimum absolute atomic E-state index is 0.137. The van der Waals surface area contributed by atoms with Crippen LogP contribution in [0.1, 0.15) is 15.9 Å². The van der Waals surface area contributed by atoms with Crippen molar-refractivity contribution in [2.24, 2.45) is 0 Å². The molecule has 0 radical (unpaired) electrons. The van der Waals surface area contributed by atoms with E-state index < -0.39 is 5.97 Å². The number of carboxylic acids is 1. The van der Waals surface area contributed by atoms with Gasteiger partial charge in [-0.2, -0.15) is 0 Å². The second kappa shape index (κ2) is 9.59. The van der Waals surface area contributed by atoms with Crippen LogP contribution < -0.4 is 14.4 Å². The highest BCUT2D eigenvalue weighted by Gasteiger charge is 2.18. The van der Waals surface area contributed by atoms with E-state index in [1.165, 1.54) is 19.2 Å². The molecular weight excluding hydrogens is 350 g/mol. The lowest BCUT2D eigenvalue weighted by molar-refractivity contribution is -0.118. The summed E-state index contributed by atoms with van der Waals surface area (Å²) >= 11 is 0. The summed E-state index contributed by atoms with van der Waals surface area (Å²) in [5.41, 5.74) is 1.58. The minimum atomic E-state index is -1.00. The van der Waals surface area contributed by atoms with Crippen LogP contribution in [0.3, 0.4) is 0 Å². The highest BCUT2D eigenvalue weighted by Crippen LogP contribution is 2.31. The lowest BCUT2D eigenvalue weighted by atomic mass is 10.1. The summed E-state index contributed by atoms with van der Waals surface area (Å²) in [7, 11) is 4.65. The summed E-state index contributed by atoms with van der Waals surface area (Å²) < 4.78 is 15.7. The fraction of sp³-hybridized carbons (Fsp3) is 0.300. The molecule has 144 valence electrons. The number of nitrogens with zero attached hydrogens (tertiary/aromatic N) is 1. The molecule has 0 aliphatic rings. The molecule has 0 aromatic heterocycles. The van der Waals surface area contributed by atoms with Crippen LogP contribution in [0.25, 0.3) is 0 Å². The number of hydrogen-bond donors (Lipinski definition) is 1. The van der Waals surface area contributed by atoms with E-state index in [1.807, 2.05) is 0 Å². The zero-order chi connectivity index (χ0) is 19.8. The fourth-order valence-corrected chi connectivity index (χ4v) is 2.61. The van der Waals surface area contributed by atoms with Gasteiger partial charge in [0.25, 0.3) is 0 Å². The molecule has 2 aromatic carbocycles. The number of aromatic carboxylic acids is 1. The van der Waals surface area contributed by atoms with Gasteiger partial charge in [-0.15, -0.1) is 0 Å². The quantitative estimate of drug-likeness (QED) is 0.727. The van der Waals surface area contributed by atoms with Gasteiger partial charge in [0.2, 0.25) is 5.91 Å². The Hall–Kier alpha value is -3.06. The predicted molar refractivity (Wildman–Crippen MR) is 101 cm³/mol. The monoisotopic (exact) mass is 373 g/mol. The summed E-state index contributed by atoms with van der Waals surface area (Å²) in [6.07, 6.45) is 0.137. The first kappa shape index (κ1) is 20.3. The van der Waals surface area contributed by atoms with Crippen LogP contribution in [0.2, 0.25) is 0 Å². The average Bonchev–Trinajstić information content (AvgIpc) is 2.68. The first-order valence-electron chi connectivity index (χ1n) is 8.33. The minimum Gasteiger partial charge on any atom is -0.493 e. The van der Waals surface area contributed by atoms with E-state index in [-0.39, 0.29) is 17.9 Å². The van der Waals surface area contributed by atoms with E-state index in [4.69, 9.17) is 19.3 Å². The molecular formula is C20H23NO6. The van der Waals surface area contributed by atoms with Crippen molar-refractivity contribution in [2.45, 2.75) is 6.42 Å². The Morgan fingerprint density at radius 1 is 0.963 bits per heavy atom. The van der Waals surface area contributed by atoms with Crippen LogP contribution >= 0.6 is 0 Å². The molecule has 0 saturated heterocycles. The molecule has 0 unspecified atom stereocenters. The molecule has 0 spiro atoms. The Morgan fingerprint density at radius 3 is 2.19 bits per heavy atom. The van der Waals surface area contributed by atoms with E-state index in [1.54, 1.807) is 49.5 Å². The molecule has 2 aromatic rings. The van der Waals surface area contributed by atoms with Gasteiger partial charge in [0.05, 0.1) is 32.8 Å². The molecule has 0 aliphatic carbocycles. The zero-order valence-electron chi connectivity index (χ0n) is 15.6. The third-order valence-electron chi connectivity index (χ3n) is 4.06. The smallest absolute Gasteiger partial charge is 0.335 e. The largest absolute Gasteiger partial charge is 0.493 e. The van der Waals surface area contributed by atoms with Gasteiger partial charge in [0, 0.05) is 25.4 Å². The Bertz CT molecular complexity index is 788. The number of carbonyl (C=O) groups is 2. The van der Waals surface area contributed by atoms with Crippen LogP contribution in [-0.2, 0) is 16.0 Å². The zero-order valence-corrected chi connectivity index (χ0v) is 15.6. The molecule has 0 aliphatic heterocycles. The van der Waals surface area contributed by atoms with Crippen molar-refractivity contribution in [2.75, 3.05) is 39.4 Å². The van der Waals surface area contributed by atoms with E-state index in [2.05, 4.69) is 0 Å². The second-order valence-corrected chi connectivity index (χ2v) is 5.76. The number of carbonyl (C=O) groups excluding carboxylic acids is 1. The number of anilines is 1. The molecule has 0 saturated carbocycles. The van der Waals surface area contributed by atoms with Gasteiger partial charge in [0.15, 0.2) is 11.5 Å². The van der Waals surface area contributed by atoms with Crippen molar-refractivity contribution >= 4 is 17.6 Å². The molecule has 0 bridgehead atoms. The maximum absolute atomic E-state index is 12.9. The summed E-state index contributed by atoms with van der Waals surface area (Å²) in [5.74, 6) is -0.0389. The standard InChI is InChI=1S/C20H23NO6/c1-25-11-10-21(16-8-9-17(26-2)18(13-16)27-3)19(22)12-14-4-6-15(7-5-14)20(23)24/h4-9,13H,10-12H2,1-3H3,(H,23,24). The maximum Gasteiger partial charge on any atom is 0.335 e. The highest BCUT2D eigenvalue weighted by atomic mass is 16.5. The van der Waals surface area contributed by atoms with Crippen LogP contribution in [0.5, 0.6) is 11.5 Å². The van der Waals surface area contributed by atoms with E-state index >= 15 is 0 Å². The summed E-state index contributed by atoms with van der Waals surface area (Å²) in [6, 6.07) is 11.5. The summed E-state index contributed by atoms with van der Waals surface area (Å²) in [5, 5.41) is 8.97. The molecule has 0 heterocycles. The molecule has 7 nitrogen and oxygen atoms in total. The van der Waals surface area contributed by atoms with Gasteiger partial charge in [-0.25, -0.2) is 4.79 Å². The number of methoxy groups -OCH3 is 3. The van der Waals surface area contributed by atoms with Crippen LogP contribution in [0, 0.1) is 0 Å². The highest BCUT2D eigenvalue weighted by molar-refractivity contribution is 5.95. The van der Waals surface area contributed by atoms with Gasteiger partial charge in [0.1, 0.15) is 0 Å². The number of carboxylic acid groups (broad SMARTS) is 1. The van der Waals surface area contributed by atoms with E-state index in [9.17, 15) is 9.59 Å². The van der Waals surface area contributed by atoms with E-state index in [0.29, 0.717) is 30.3 Å². The predicted octanol–water partition coefficient (Wildman–Crippen LogP) is 2.62. The third-order valence-corrected chi connectivity index (χ3v) is 4.06. The van der Waals surface area contributed by atoms with Crippen molar-refractivity contribution in [3.63, 3.8) is 0 Å². The molecule has 27 heavy (non-hydrogen) atoms. The maximum atomic E-state index is 12.9. The SMILES string of the molecule is COCCN(C(=O)Cc1ccc(C(=O)O)cc1)c1ccc(OC)c(OC)c1. The van der Waals surface area contributed by atoms with Gasteiger partial charge in [-0.3, -0.25) is 4.79 Å². The molecule has 1 amide bonds. The van der Waals surface area contributed by atoms with Gasteiger partial charge in [-0.1, -0.05) is 12.1 Å². The summed E-state index contributed by atoms with van der Waals surface area (Å²) in [6.45, 7) is 0.746. The van der Waals surface area contributed by atoms with Gasteiger partial charge in [-0.05, 0) is 29.8 Å². The molecule has 2 rings (SSSR count). The van der Waals surface area contributed by atoms with Crippen LogP contribution in [0.15, 0.2) is 42.5 Å². The number of ether oxygens (including phenoxy) is 3. The fourth-order valence-electron chi connectivity index (χ4n) is 2.61. The van der Waals surface area contributed by atoms with Crippen LogP contribution in [-0.4, -0.2) is 51.5 Å². The van der Waals surface area contributed by atoms with Gasteiger partial charge >= 0.3 is 5.97 Å². The lowest BCUT2D eigenvalue weighted by Gasteiger charge is -2.23. The molecule has 7 heteroatoms. The van der Waals surface area contributed by atoms with Gasteiger partial charge < -0.3 is 24.2 Å². The van der Waals surface area contributed by atoms with Crippen molar-refractivity contribution in [1.29, 1.82) is 0 Å². The van der Waals surface area contributed by atoms with Crippen molar-refractivity contribution < 1.29 is 28.9 Å². The van der Waals surface area contributed by atoms with Crippen molar-refractivity contribution in [1.82, 2.24) is 0 Å². The Morgan fingerprint density at radius 2 is 1.63 bits per heavy atom. The molecule has 0 fully saturated rings. The Labute approximate surface area is 158 Å². The molecule has 1 N–H and O–H groups in total. The second-order valence-electron chi connectivity index (χ2n) is 5.76.